The Morgan fingerprint density at radius 3 is 3.08 bits per heavy atom. The number of nitrogens with one attached hydrogen (secondary N) is 2. The number of fused-ring (bicyclic) bond motifs is 1. The molecule has 1 aromatic carbocycles. The van der Waals surface area contributed by atoms with Crippen LogP contribution in [0.25, 0.3) is 10.9 Å². The van der Waals surface area contributed by atoms with Crippen molar-refractivity contribution in [2.45, 2.75) is 38.5 Å². The lowest BCUT2D eigenvalue weighted by molar-refractivity contribution is 0.0869. The number of rotatable bonds is 4. The molecule has 6 nitrogen and oxygen atoms in total. The minimum atomic E-state index is -0.511. The van der Waals surface area contributed by atoms with Crippen LogP contribution in [0.5, 0.6) is 0 Å². The predicted molar refractivity (Wildman–Crippen MR) is 95.2 cm³/mol. The number of hydrogen-bond donors (Lipinski definition) is 3. The number of amides is 1. The number of aliphatic hydroxyl groups is 1. The largest absolute Gasteiger partial charge is 0.391 e. The molecule has 0 aliphatic heterocycles. The molecular weight excluding hydrogens is 316 g/mol. The normalized spacial score (nSPS) is 23.2. The number of aryl methyl sites for hydroxylation is 1. The third-order valence-corrected chi connectivity index (χ3v) is 5.08. The molecule has 4 rings (SSSR count). The van der Waals surface area contributed by atoms with Crippen LogP contribution in [0.15, 0.2) is 43.0 Å². The van der Waals surface area contributed by atoms with E-state index in [1.54, 1.807) is 12.5 Å². The molecule has 0 radical (unpaired) electrons. The van der Waals surface area contributed by atoms with Gasteiger partial charge >= 0.3 is 0 Å². The lowest BCUT2D eigenvalue weighted by Crippen LogP contribution is -2.40. The summed E-state index contributed by atoms with van der Waals surface area (Å²) in [5.74, 6) is 0.169. The van der Waals surface area contributed by atoms with Crippen LogP contribution in [0.4, 0.5) is 0 Å². The van der Waals surface area contributed by atoms with Crippen molar-refractivity contribution in [1.82, 2.24) is 19.9 Å². The fourth-order valence-corrected chi connectivity index (χ4v) is 3.79. The van der Waals surface area contributed by atoms with E-state index in [2.05, 4.69) is 15.3 Å². The Hall–Kier alpha value is -2.60. The summed E-state index contributed by atoms with van der Waals surface area (Å²) >= 11 is 0. The van der Waals surface area contributed by atoms with E-state index in [1.807, 2.05) is 42.0 Å². The predicted octanol–water partition coefficient (Wildman–Crippen LogP) is 2.24. The van der Waals surface area contributed by atoms with E-state index in [-0.39, 0.29) is 11.9 Å². The molecule has 1 aliphatic rings. The van der Waals surface area contributed by atoms with E-state index in [0.717, 1.165) is 29.4 Å². The SMILES string of the molecule is Cc1cccc2cc(C(=O)N[C@@H]3CC(Cn4ccnc4)C[C@H]3O)[nH]c12. The monoisotopic (exact) mass is 338 g/mol. The summed E-state index contributed by atoms with van der Waals surface area (Å²) < 4.78 is 2.02. The van der Waals surface area contributed by atoms with Crippen molar-refractivity contribution >= 4 is 16.8 Å². The molecule has 1 fully saturated rings. The number of aromatic amines is 1. The van der Waals surface area contributed by atoms with Gasteiger partial charge in [0, 0.05) is 29.8 Å². The number of hydrogen-bond acceptors (Lipinski definition) is 3. The van der Waals surface area contributed by atoms with Crippen LogP contribution in [0.2, 0.25) is 0 Å². The summed E-state index contributed by atoms with van der Waals surface area (Å²) in [5, 5.41) is 14.3. The molecule has 0 spiro atoms. The molecule has 130 valence electrons. The number of imidazole rings is 1. The maximum Gasteiger partial charge on any atom is 0.268 e. The van der Waals surface area contributed by atoms with Crippen LogP contribution in [0.3, 0.4) is 0 Å². The molecule has 3 atom stereocenters. The Morgan fingerprint density at radius 2 is 2.32 bits per heavy atom. The van der Waals surface area contributed by atoms with E-state index in [1.165, 1.54) is 0 Å². The van der Waals surface area contributed by atoms with Gasteiger partial charge in [-0.15, -0.1) is 0 Å². The van der Waals surface area contributed by atoms with Gasteiger partial charge in [-0.05, 0) is 37.3 Å². The number of aliphatic hydroxyl groups excluding tert-OH is 1. The summed E-state index contributed by atoms with van der Waals surface area (Å²) in [6.07, 6.45) is 6.40. The van der Waals surface area contributed by atoms with E-state index < -0.39 is 6.10 Å². The number of nitrogens with zero attached hydrogens (tertiary/aromatic N) is 2. The number of carbonyl (C=O) groups is 1. The molecule has 1 saturated carbocycles. The molecule has 1 unspecified atom stereocenters. The van der Waals surface area contributed by atoms with Crippen LogP contribution >= 0.6 is 0 Å². The van der Waals surface area contributed by atoms with E-state index in [9.17, 15) is 9.90 Å². The average Bonchev–Trinajstić information content (AvgIpc) is 3.29. The van der Waals surface area contributed by atoms with E-state index in [4.69, 9.17) is 0 Å². The fraction of sp³-hybridized carbons (Fsp3) is 0.368. The Balaban J connectivity index is 1.43. The first-order chi connectivity index (χ1) is 12.1. The summed E-state index contributed by atoms with van der Waals surface area (Å²) in [5.41, 5.74) is 2.63. The van der Waals surface area contributed by atoms with Crippen molar-refractivity contribution in [3.05, 3.63) is 54.2 Å². The van der Waals surface area contributed by atoms with Gasteiger partial charge in [0.1, 0.15) is 5.69 Å². The topological polar surface area (TPSA) is 82.9 Å². The van der Waals surface area contributed by atoms with Gasteiger partial charge in [0.15, 0.2) is 0 Å². The second-order valence-electron chi connectivity index (χ2n) is 6.97. The van der Waals surface area contributed by atoms with Gasteiger partial charge in [0.2, 0.25) is 0 Å². The molecule has 3 aromatic rings. The Labute approximate surface area is 145 Å². The van der Waals surface area contributed by atoms with Gasteiger partial charge in [-0.25, -0.2) is 4.98 Å². The molecule has 0 saturated heterocycles. The van der Waals surface area contributed by atoms with Gasteiger partial charge in [-0.3, -0.25) is 4.79 Å². The minimum Gasteiger partial charge on any atom is -0.391 e. The van der Waals surface area contributed by atoms with Crippen molar-refractivity contribution < 1.29 is 9.90 Å². The van der Waals surface area contributed by atoms with E-state index >= 15 is 0 Å². The van der Waals surface area contributed by atoms with Crippen LogP contribution in [0, 0.1) is 12.8 Å². The Bertz CT molecular complexity index is 884. The molecular formula is C19H22N4O2. The van der Waals surface area contributed by atoms with Gasteiger partial charge in [0.05, 0.1) is 18.5 Å². The zero-order valence-corrected chi connectivity index (χ0v) is 14.1. The molecule has 2 heterocycles. The highest BCUT2D eigenvalue weighted by atomic mass is 16.3. The quantitative estimate of drug-likeness (QED) is 0.682. The first kappa shape index (κ1) is 15.9. The van der Waals surface area contributed by atoms with Crippen molar-refractivity contribution in [1.29, 1.82) is 0 Å². The fourth-order valence-electron chi connectivity index (χ4n) is 3.79. The zero-order valence-electron chi connectivity index (χ0n) is 14.1. The van der Waals surface area contributed by atoms with Crippen molar-refractivity contribution in [2.75, 3.05) is 0 Å². The third-order valence-electron chi connectivity index (χ3n) is 5.08. The van der Waals surface area contributed by atoms with Crippen molar-refractivity contribution in [3.63, 3.8) is 0 Å². The first-order valence-corrected chi connectivity index (χ1v) is 8.63. The minimum absolute atomic E-state index is 0.164. The number of aromatic nitrogens is 3. The second kappa shape index (κ2) is 6.37. The molecule has 6 heteroatoms. The third kappa shape index (κ3) is 3.17. The maximum atomic E-state index is 12.6. The van der Waals surface area contributed by atoms with Crippen molar-refractivity contribution in [2.24, 2.45) is 5.92 Å². The highest BCUT2D eigenvalue weighted by Gasteiger charge is 2.34. The standard InChI is InChI=1S/C19H22N4O2/c1-12-3-2-4-14-9-16(21-18(12)14)19(25)22-15-7-13(8-17(15)24)10-23-6-5-20-11-23/h2-6,9,11,13,15,17,21,24H,7-8,10H2,1H3,(H,22,25)/t13?,15-,17-/m1/s1. The van der Waals surface area contributed by atoms with Gasteiger partial charge < -0.3 is 20.0 Å². The van der Waals surface area contributed by atoms with Crippen LogP contribution in [0.1, 0.15) is 28.9 Å². The Morgan fingerprint density at radius 1 is 1.44 bits per heavy atom. The summed E-state index contributed by atoms with van der Waals surface area (Å²) in [6.45, 7) is 2.83. The summed E-state index contributed by atoms with van der Waals surface area (Å²) in [6, 6.07) is 7.63. The van der Waals surface area contributed by atoms with Crippen LogP contribution < -0.4 is 5.32 Å². The average molecular weight is 338 g/mol. The van der Waals surface area contributed by atoms with Gasteiger partial charge in [-0.2, -0.15) is 0 Å². The zero-order chi connectivity index (χ0) is 17.4. The Kier molecular flexibility index (Phi) is 4.05. The number of H-pyrrole nitrogens is 1. The molecule has 3 N–H and O–H groups in total. The molecule has 1 aliphatic carbocycles. The first-order valence-electron chi connectivity index (χ1n) is 8.63. The smallest absolute Gasteiger partial charge is 0.268 e. The highest BCUT2D eigenvalue weighted by Crippen LogP contribution is 2.28. The van der Waals surface area contributed by atoms with E-state index in [0.29, 0.717) is 18.0 Å². The van der Waals surface area contributed by atoms with Gasteiger partial charge in [-0.1, -0.05) is 18.2 Å². The second-order valence-corrected chi connectivity index (χ2v) is 6.97. The van der Waals surface area contributed by atoms with Crippen molar-refractivity contribution in [3.8, 4) is 0 Å². The summed E-state index contributed by atoms with van der Waals surface area (Å²) in [7, 11) is 0. The summed E-state index contributed by atoms with van der Waals surface area (Å²) in [4.78, 5) is 19.8. The van der Waals surface area contributed by atoms with Crippen LogP contribution in [-0.2, 0) is 6.54 Å². The van der Waals surface area contributed by atoms with Crippen LogP contribution in [-0.4, -0.2) is 37.7 Å². The molecule has 1 amide bonds. The molecule has 2 aromatic heterocycles. The maximum absolute atomic E-state index is 12.6. The lowest BCUT2D eigenvalue weighted by atomic mass is 10.1. The number of carbonyl (C=O) groups excluding carboxylic acids is 1. The molecule has 0 bridgehead atoms. The highest BCUT2D eigenvalue weighted by molar-refractivity contribution is 5.98. The molecule has 25 heavy (non-hydrogen) atoms. The number of para-hydroxylation sites is 1. The lowest BCUT2D eigenvalue weighted by Gasteiger charge is -2.15. The number of benzene rings is 1. The van der Waals surface area contributed by atoms with Gasteiger partial charge in [0.25, 0.3) is 5.91 Å².